The van der Waals surface area contributed by atoms with Crippen LogP contribution in [0.1, 0.15) is 26.2 Å². The maximum absolute atomic E-state index is 11.5. The lowest BCUT2D eigenvalue weighted by Crippen LogP contribution is -2.32. The molecule has 0 unspecified atom stereocenters. The highest BCUT2D eigenvalue weighted by molar-refractivity contribution is 5.84. The van der Waals surface area contributed by atoms with Crippen molar-refractivity contribution in [2.45, 2.75) is 26.2 Å². The van der Waals surface area contributed by atoms with Gasteiger partial charge >= 0.3 is 0 Å². The smallest absolute Gasteiger partial charge is 0.252 e. The lowest BCUT2D eigenvalue weighted by atomic mass is 10.0. The van der Waals surface area contributed by atoms with Crippen LogP contribution in [0.15, 0.2) is 0 Å². The molecule has 0 atom stereocenters. The van der Waals surface area contributed by atoms with Gasteiger partial charge in [0.2, 0.25) is 0 Å². The molecule has 1 aliphatic rings. The number of carbonyl (C=O) groups excluding carboxylic acids is 1. The Bertz CT molecular complexity index is 163. The summed E-state index contributed by atoms with van der Waals surface area (Å²) in [6.07, 6.45) is 2.98. The van der Waals surface area contributed by atoms with Gasteiger partial charge in [0.1, 0.15) is 0 Å². The second kappa shape index (κ2) is 2.81. The van der Waals surface area contributed by atoms with Crippen molar-refractivity contribution >= 4 is 5.91 Å². The van der Waals surface area contributed by atoms with E-state index in [1.54, 1.807) is 7.05 Å². The number of carbonyl (C=O) groups is 1. The van der Waals surface area contributed by atoms with Gasteiger partial charge in [0.15, 0.2) is 0 Å². The molecule has 1 fully saturated rings. The van der Waals surface area contributed by atoms with Crippen LogP contribution in [0.25, 0.3) is 0 Å². The van der Waals surface area contributed by atoms with Crippen molar-refractivity contribution in [2.75, 3.05) is 14.2 Å². The van der Waals surface area contributed by atoms with Gasteiger partial charge in [0.05, 0.1) is 12.5 Å². The van der Waals surface area contributed by atoms with Gasteiger partial charge in [0, 0.05) is 7.05 Å². The summed E-state index contributed by atoms with van der Waals surface area (Å²) in [6.45, 7) is 2.05. The Hall–Kier alpha value is -0.570. The van der Waals surface area contributed by atoms with Crippen LogP contribution in [-0.2, 0) is 9.63 Å². The summed E-state index contributed by atoms with van der Waals surface area (Å²) in [6, 6.07) is 0. The number of amides is 1. The summed E-state index contributed by atoms with van der Waals surface area (Å²) in [5.74, 6) is 0.127. The first-order valence-corrected chi connectivity index (χ1v) is 3.98. The van der Waals surface area contributed by atoms with Gasteiger partial charge < -0.3 is 0 Å². The van der Waals surface area contributed by atoms with Crippen LogP contribution >= 0.6 is 0 Å². The Kier molecular flexibility index (Phi) is 2.18. The first-order chi connectivity index (χ1) is 5.16. The van der Waals surface area contributed by atoms with Crippen LogP contribution in [0.5, 0.6) is 0 Å². The average Bonchev–Trinajstić information content (AvgIpc) is 2.82. The molecule has 1 rings (SSSR count). The maximum Gasteiger partial charge on any atom is 0.252 e. The predicted molar refractivity (Wildman–Crippen MR) is 41.7 cm³/mol. The zero-order chi connectivity index (χ0) is 8.48. The van der Waals surface area contributed by atoms with Crippen molar-refractivity contribution < 1.29 is 9.63 Å². The quantitative estimate of drug-likeness (QED) is 0.576. The molecule has 0 N–H and O–H groups in total. The molecule has 0 saturated heterocycles. The van der Waals surface area contributed by atoms with Crippen molar-refractivity contribution in [2.24, 2.45) is 5.41 Å². The third-order valence-corrected chi connectivity index (χ3v) is 2.54. The summed E-state index contributed by atoms with van der Waals surface area (Å²) in [5, 5.41) is 1.33. The molecule has 0 aliphatic heterocycles. The van der Waals surface area contributed by atoms with Gasteiger partial charge in [-0.25, -0.2) is 5.06 Å². The Morgan fingerprint density at radius 3 is 2.45 bits per heavy atom. The van der Waals surface area contributed by atoms with E-state index >= 15 is 0 Å². The molecule has 64 valence electrons. The summed E-state index contributed by atoms with van der Waals surface area (Å²) in [7, 11) is 3.18. The summed E-state index contributed by atoms with van der Waals surface area (Å²) in [4.78, 5) is 16.3. The molecule has 1 saturated carbocycles. The van der Waals surface area contributed by atoms with Crippen LogP contribution < -0.4 is 0 Å². The molecule has 0 bridgehead atoms. The van der Waals surface area contributed by atoms with Gasteiger partial charge in [0.25, 0.3) is 5.91 Å². The van der Waals surface area contributed by atoms with E-state index in [2.05, 4.69) is 6.92 Å². The van der Waals surface area contributed by atoms with E-state index in [1.165, 1.54) is 12.2 Å². The number of hydroxylamine groups is 2. The number of rotatable bonds is 3. The van der Waals surface area contributed by atoms with Gasteiger partial charge in [-0.15, -0.1) is 0 Å². The molecule has 1 amide bonds. The average molecular weight is 157 g/mol. The fraction of sp³-hybridized carbons (Fsp3) is 0.875. The molecule has 11 heavy (non-hydrogen) atoms. The van der Waals surface area contributed by atoms with Crippen molar-refractivity contribution in [3.05, 3.63) is 0 Å². The van der Waals surface area contributed by atoms with Crippen molar-refractivity contribution in [3.63, 3.8) is 0 Å². The molecule has 0 heterocycles. The lowest BCUT2D eigenvalue weighted by Gasteiger charge is -2.19. The third-order valence-electron chi connectivity index (χ3n) is 2.54. The van der Waals surface area contributed by atoms with E-state index in [4.69, 9.17) is 4.84 Å². The largest absolute Gasteiger partial charge is 0.275 e. The molecule has 3 nitrogen and oxygen atoms in total. The van der Waals surface area contributed by atoms with Gasteiger partial charge in [-0.1, -0.05) is 6.92 Å². The highest BCUT2D eigenvalue weighted by Crippen LogP contribution is 2.49. The molecule has 3 heteroatoms. The van der Waals surface area contributed by atoms with Crippen LogP contribution in [0, 0.1) is 5.41 Å². The van der Waals surface area contributed by atoms with Crippen molar-refractivity contribution in [3.8, 4) is 0 Å². The molecule has 1 aliphatic carbocycles. The SMILES string of the molecule is CCC1(C(=O)N(C)OC)CC1. The topological polar surface area (TPSA) is 29.5 Å². The van der Waals surface area contributed by atoms with Crippen molar-refractivity contribution in [1.29, 1.82) is 0 Å². The minimum absolute atomic E-state index is 0.0647. The molecule has 0 spiro atoms. The minimum Gasteiger partial charge on any atom is -0.275 e. The predicted octanol–water partition coefficient (Wildman–Crippen LogP) is 1.20. The zero-order valence-electron chi connectivity index (χ0n) is 7.39. The number of hydrogen-bond acceptors (Lipinski definition) is 2. The Balaban J connectivity index is 2.53. The van der Waals surface area contributed by atoms with Crippen molar-refractivity contribution in [1.82, 2.24) is 5.06 Å². The molecular weight excluding hydrogens is 142 g/mol. The normalized spacial score (nSPS) is 19.5. The fourth-order valence-corrected chi connectivity index (χ4v) is 1.29. The Morgan fingerprint density at radius 1 is 1.64 bits per heavy atom. The van der Waals surface area contributed by atoms with Crippen LogP contribution in [-0.4, -0.2) is 25.1 Å². The van der Waals surface area contributed by atoms with E-state index in [9.17, 15) is 4.79 Å². The monoisotopic (exact) mass is 157 g/mol. The Morgan fingerprint density at radius 2 is 2.18 bits per heavy atom. The highest BCUT2D eigenvalue weighted by Gasteiger charge is 2.49. The standard InChI is InChI=1S/C8H15NO2/c1-4-8(5-6-8)7(10)9(2)11-3/h4-6H2,1-3H3. The third kappa shape index (κ3) is 1.38. The van der Waals surface area contributed by atoms with E-state index in [0.29, 0.717) is 0 Å². The highest BCUT2D eigenvalue weighted by atomic mass is 16.7. The fourth-order valence-electron chi connectivity index (χ4n) is 1.29. The summed E-state index contributed by atoms with van der Waals surface area (Å²) < 4.78 is 0. The second-order valence-electron chi connectivity index (χ2n) is 3.12. The van der Waals surface area contributed by atoms with Gasteiger partial charge in [-0.2, -0.15) is 0 Å². The number of hydrogen-bond donors (Lipinski definition) is 0. The van der Waals surface area contributed by atoms with E-state index in [1.807, 2.05) is 0 Å². The summed E-state index contributed by atoms with van der Waals surface area (Å²) >= 11 is 0. The molecule has 0 radical (unpaired) electrons. The van der Waals surface area contributed by atoms with Gasteiger partial charge in [-0.3, -0.25) is 9.63 Å². The molecule has 0 aromatic heterocycles. The molecule has 0 aromatic carbocycles. The van der Waals surface area contributed by atoms with E-state index < -0.39 is 0 Å². The van der Waals surface area contributed by atoms with E-state index in [0.717, 1.165) is 19.3 Å². The first-order valence-electron chi connectivity index (χ1n) is 3.98. The van der Waals surface area contributed by atoms with Crippen LogP contribution in [0.2, 0.25) is 0 Å². The number of nitrogens with zero attached hydrogens (tertiary/aromatic N) is 1. The molecule has 0 aromatic rings. The van der Waals surface area contributed by atoms with Crippen LogP contribution in [0.3, 0.4) is 0 Å². The first kappa shape index (κ1) is 8.53. The van der Waals surface area contributed by atoms with E-state index in [-0.39, 0.29) is 11.3 Å². The lowest BCUT2D eigenvalue weighted by molar-refractivity contribution is -0.175. The van der Waals surface area contributed by atoms with Crippen LogP contribution in [0.4, 0.5) is 0 Å². The summed E-state index contributed by atoms with van der Waals surface area (Å²) in [5.41, 5.74) is -0.0647. The second-order valence-corrected chi connectivity index (χ2v) is 3.12. The maximum atomic E-state index is 11.5. The minimum atomic E-state index is -0.0647. The Labute approximate surface area is 67.3 Å². The van der Waals surface area contributed by atoms with Gasteiger partial charge in [-0.05, 0) is 19.3 Å². The zero-order valence-corrected chi connectivity index (χ0v) is 7.39. The molecular formula is C8H15NO2.